The van der Waals surface area contributed by atoms with Crippen molar-refractivity contribution in [2.24, 2.45) is 0 Å². The molecule has 1 unspecified atom stereocenters. The van der Waals surface area contributed by atoms with Gasteiger partial charge in [-0.1, -0.05) is 236 Å². The van der Waals surface area contributed by atoms with Crippen LogP contribution >= 0.6 is 0 Å². The Labute approximate surface area is 402 Å². The molecule has 1 atom stereocenters. The molecule has 0 aromatic carbocycles. The van der Waals surface area contributed by atoms with Crippen LogP contribution in [0.4, 0.5) is 0 Å². The van der Waals surface area contributed by atoms with Crippen LogP contribution in [0.1, 0.15) is 278 Å². The third-order valence-corrected chi connectivity index (χ3v) is 12.0. The lowest BCUT2D eigenvalue weighted by molar-refractivity contribution is -0.167. The molecule has 0 bridgehead atoms. The Hall–Kier alpha value is -2.89. The summed E-state index contributed by atoms with van der Waals surface area (Å²) < 4.78 is 16.8. The highest BCUT2D eigenvalue weighted by Gasteiger charge is 2.19. The first-order valence-electron chi connectivity index (χ1n) is 27.8. The number of carbonyl (C=O) groups excluding carboxylic acids is 3. The molecule has 376 valence electrons. The summed E-state index contributed by atoms with van der Waals surface area (Å²) >= 11 is 0. The van der Waals surface area contributed by atoms with Crippen LogP contribution in [-0.4, -0.2) is 37.2 Å². The highest BCUT2D eigenvalue weighted by atomic mass is 16.6. The average Bonchev–Trinajstić information content (AvgIpc) is 3.30. The van der Waals surface area contributed by atoms with Gasteiger partial charge in [0.2, 0.25) is 0 Å². The minimum absolute atomic E-state index is 0.0776. The molecule has 0 heterocycles. The number of rotatable bonds is 50. The highest BCUT2D eigenvalue weighted by molar-refractivity contribution is 5.71. The smallest absolute Gasteiger partial charge is 0.306 e. The molecule has 0 saturated carbocycles. The van der Waals surface area contributed by atoms with E-state index >= 15 is 0 Å². The highest BCUT2D eigenvalue weighted by Crippen LogP contribution is 2.15. The van der Waals surface area contributed by atoms with Crippen LogP contribution < -0.4 is 0 Å². The molecule has 0 aliphatic heterocycles. The molecule has 6 heteroatoms. The van der Waals surface area contributed by atoms with Gasteiger partial charge < -0.3 is 14.2 Å². The molecule has 0 aromatic heterocycles. The average molecular weight is 909 g/mol. The number of esters is 3. The molecule has 0 N–H and O–H groups in total. The largest absolute Gasteiger partial charge is 0.462 e. The third kappa shape index (κ3) is 51.9. The molecule has 0 aliphatic carbocycles. The number of carbonyl (C=O) groups is 3. The summed E-state index contributed by atoms with van der Waals surface area (Å²) in [6, 6.07) is 0. The van der Waals surface area contributed by atoms with Crippen molar-refractivity contribution in [3.05, 3.63) is 60.8 Å². The second kappa shape index (κ2) is 53.7. The van der Waals surface area contributed by atoms with Crippen molar-refractivity contribution in [1.82, 2.24) is 0 Å². The first-order chi connectivity index (χ1) is 32.0. The standard InChI is InChI=1S/C59H104O6/c1-4-7-10-13-16-19-22-25-27-28-29-30-31-32-33-35-37-40-43-46-49-52-58(61)64-55-56(54-63-57(60)51-48-45-42-39-36-24-21-18-15-12-9-6-3)65-59(62)53-50-47-44-41-38-34-26-23-20-17-14-11-8-5-2/h7,10,16,19,23,25-27,29-30,56H,4-6,8-9,11-15,17-18,20-22,24,28,31-55H2,1-3H3/b10-7-,19-16-,26-23-,27-25-,30-29-. The summed E-state index contributed by atoms with van der Waals surface area (Å²) in [4.78, 5) is 38.1. The Morgan fingerprint density at radius 2 is 0.600 bits per heavy atom. The molecule has 0 spiro atoms. The van der Waals surface area contributed by atoms with Crippen molar-refractivity contribution >= 4 is 17.9 Å². The first-order valence-corrected chi connectivity index (χ1v) is 27.8. The minimum atomic E-state index is -0.779. The maximum absolute atomic E-state index is 12.8. The monoisotopic (exact) mass is 909 g/mol. The van der Waals surface area contributed by atoms with Gasteiger partial charge in [-0.05, 0) is 83.5 Å². The van der Waals surface area contributed by atoms with Crippen LogP contribution in [0.25, 0.3) is 0 Å². The molecular weight excluding hydrogens is 805 g/mol. The van der Waals surface area contributed by atoms with Gasteiger partial charge >= 0.3 is 17.9 Å². The molecule has 0 amide bonds. The quantitative estimate of drug-likeness (QED) is 0.0262. The lowest BCUT2D eigenvalue weighted by Gasteiger charge is -2.18. The lowest BCUT2D eigenvalue weighted by atomic mass is 10.0. The number of allylic oxidation sites excluding steroid dienone is 10. The molecule has 0 aromatic rings. The number of hydrogen-bond acceptors (Lipinski definition) is 6. The van der Waals surface area contributed by atoms with Gasteiger partial charge in [0.25, 0.3) is 0 Å². The fourth-order valence-electron chi connectivity index (χ4n) is 7.84. The van der Waals surface area contributed by atoms with E-state index in [9.17, 15) is 14.4 Å². The normalized spacial score (nSPS) is 12.5. The van der Waals surface area contributed by atoms with Gasteiger partial charge in [0, 0.05) is 19.3 Å². The van der Waals surface area contributed by atoms with Crippen molar-refractivity contribution in [2.45, 2.75) is 284 Å². The first kappa shape index (κ1) is 62.1. The summed E-state index contributed by atoms with van der Waals surface area (Å²) in [6.07, 6.45) is 66.3. The maximum atomic E-state index is 12.8. The molecule has 6 nitrogen and oxygen atoms in total. The van der Waals surface area contributed by atoms with Gasteiger partial charge in [-0.3, -0.25) is 14.4 Å². The number of ether oxygens (including phenoxy) is 3. The molecule has 65 heavy (non-hydrogen) atoms. The Balaban J connectivity index is 4.34. The Morgan fingerprint density at radius 3 is 0.954 bits per heavy atom. The summed E-state index contributed by atoms with van der Waals surface area (Å²) in [5, 5.41) is 0. The van der Waals surface area contributed by atoms with Gasteiger partial charge in [0.1, 0.15) is 13.2 Å². The van der Waals surface area contributed by atoms with Crippen LogP contribution in [0, 0.1) is 0 Å². The predicted octanol–water partition coefficient (Wildman–Crippen LogP) is 18.4. The van der Waals surface area contributed by atoms with E-state index in [0.717, 1.165) is 103 Å². The zero-order chi connectivity index (χ0) is 47.2. The maximum Gasteiger partial charge on any atom is 0.306 e. The van der Waals surface area contributed by atoms with E-state index in [1.165, 1.54) is 135 Å². The lowest BCUT2D eigenvalue weighted by Crippen LogP contribution is -2.30. The Kier molecular flexibility index (Phi) is 51.3. The molecule has 0 aliphatic rings. The van der Waals surface area contributed by atoms with Gasteiger partial charge in [0.05, 0.1) is 0 Å². The van der Waals surface area contributed by atoms with E-state index < -0.39 is 6.10 Å². The van der Waals surface area contributed by atoms with Crippen molar-refractivity contribution < 1.29 is 28.6 Å². The third-order valence-electron chi connectivity index (χ3n) is 12.0. The fraction of sp³-hybridized carbons (Fsp3) is 0.780. The van der Waals surface area contributed by atoms with Gasteiger partial charge in [-0.2, -0.15) is 0 Å². The van der Waals surface area contributed by atoms with Crippen molar-refractivity contribution in [2.75, 3.05) is 13.2 Å². The molecule has 0 fully saturated rings. The van der Waals surface area contributed by atoms with E-state index in [2.05, 4.69) is 81.5 Å². The summed E-state index contributed by atoms with van der Waals surface area (Å²) in [5.74, 6) is -0.886. The predicted molar refractivity (Wildman–Crippen MR) is 279 cm³/mol. The van der Waals surface area contributed by atoms with Crippen LogP contribution in [0.5, 0.6) is 0 Å². The topological polar surface area (TPSA) is 78.9 Å². The van der Waals surface area contributed by atoms with E-state index in [-0.39, 0.29) is 31.1 Å². The molecule has 0 radical (unpaired) electrons. The van der Waals surface area contributed by atoms with E-state index in [1.807, 2.05) is 0 Å². The van der Waals surface area contributed by atoms with Crippen molar-refractivity contribution in [3.8, 4) is 0 Å². The van der Waals surface area contributed by atoms with E-state index in [0.29, 0.717) is 19.3 Å². The Bertz CT molecular complexity index is 1180. The van der Waals surface area contributed by atoms with E-state index in [1.54, 1.807) is 0 Å². The zero-order valence-electron chi connectivity index (χ0n) is 43.0. The van der Waals surface area contributed by atoms with Gasteiger partial charge in [-0.15, -0.1) is 0 Å². The van der Waals surface area contributed by atoms with Crippen LogP contribution in [0.2, 0.25) is 0 Å². The van der Waals surface area contributed by atoms with Crippen LogP contribution in [0.3, 0.4) is 0 Å². The molecular formula is C59H104O6. The van der Waals surface area contributed by atoms with Gasteiger partial charge in [0.15, 0.2) is 6.10 Å². The van der Waals surface area contributed by atoms with Crippen molar-refractivity contribution in [3.63, 3.8) is 0 Å². The zero-order valence-corrected chi connectivity index (χ0v) is 43.0. The summed E-state index contributed by atoms with van der Waals surface area (Å²) in [7, 11) is 0. The van der Waals surface area contributed by atoms with Crippen LogP contribution in [-0.2, 0) is 28.6 Å². The molecule has 0 saturated heterocycles. The second-order valence-electron chi connectivity index (χ2n) is 18.5. The van der Waals surface area contributed by atoms with Gasteiger partial charge in [-0.25, -0.2) is 0 Å². The summed E-state index contributed by atoms with van der Waals surface area (Å²) in [6.45, 7) is 6.52. The fourth-order valence-corrected chi connectivity index (χ4v) is 7.84. The SMILES string of the molecule is CC/C=C\C/C=C\C/C=C\C/C=C\CCCCCCCCCCC(=O)OCC(COC(=O)CCCCCCCCCCCCCC)OC(=O)CCCCCCC/C=C\CCCCCCC. The molecule has 0 rings (SSSR count). The summed E-state index contributed by atoms with van der Waals surface area (Å²) in [5.41, 5.74) is 0. The van der Waals surface area contributed by atoms with E-state index in [4.69, 9.17) is 14.2 Å². The number of hydrogen-bond donors (Lipinski definition) is 0. The van der Waals surface area contributed by atoms with Crippen LogP contribution in [0.15, 0.2) is 60.8 Å². The Morgan fingerprint density at radius 1 is 0.323 bits per heavy atom. The minimum Gasteiger partial charge on any atom is -0.462 e. The van der Waals surface area contributed by atoms with Crippen molar-refractivity contribution in [1.29, 1.82) is 0 Å². The second-order valence-corrected chi connectivity index (χ2v) is 18.5. The number of unbranched alkanes of at least 4 members (excludes halogenated alkanes) is 29.